The number of hydrogen-bond acceptors (Lipinski definition) is 10. The van der Waals surface area contributed by atoms with E-state index in [1.54, 1.807) is 44.4 Å². The van der Waals surface area contributed by atoms with Crippen LogP contribution >= 0.6 is 0 Å². The number of nitrogens with zero attached hydrogens (tertiary/aromatic N) is 2. The van der Waals surface area contributed by atoms with Gasteiger partial charge in [-0.3, -0.25) is 28.8 Å². The summed E-state index contributed by atoms with van der Waals surface area (Å²) in [5.74, 6) is -4.54. The molecule has 2 unspecified atom stereocenters. The first kappa shape index (κ1) is 46.5. The number of carbonyl (C=O) groups is 7. The summed E-state index contributed by atoms with van der Waals surface area (Å²) < 4.78 is 17.5. The molecule has 16 nitrogen and oxygen atoms in total. The third-order valence-corrected chi connectivity index (χ3v) is 12.2. The Balaban J connectivity index is 1.32. The number of ether oxygens (including phenoxy) is 3. The number of ketones is 1. The van der Waals surface area contributed by atoms with Crippen molar-refractivity contribution in [2.75, 3.05) is 40.9 Å². The molecule has 1 aromatic carbocycles. The zero-order valence-electron chi connectivity index (χ0n) is 36.5. The molecule has 4 fully saturated rings. The van der Waals surface area contributed by atoms with Crippen molar-refractivity contribution in [3.8, 4) is 0 Å². The zero-order valence-corrected chi connectivity index (χ0v) is 36.5. The number of nitrogens with one attached hydrogen (secondary N) is 4. The van der Waals surface area contributed by atoms with E-state index in [0.717, 1.165) is 32.1 Å². The van der Waals surface area contributed by atoms with Crippen LogP contribution in [0.1, 0.15) is 104 Å². The fourth-order valence-electron chi connectivity index (χ4n) is 8.75. The first-order valence-electron chi connectivity index (χ1n) is 21.4. The van der Waals surface area contributed by atoms with Crippen LogP contribution in [0.4, 0.5) is 4.79 Å². The van der Waals surface area contributed by atoms with Crippen molar-refractivity contribution in [1.29, 1.82) is 0 Å². The van der Waals surface area contributed by atoms with E-state index in [0.29, 0.717) is 24.8 Å². The molecule has 2 aliphatic carbocycles. The number of likely N-dealkylation sites (N-methyl/N-ethyl adjacent to an activating group) is 1. The largest absolute Gasteiger partial charge is 0.443 e. The molecule has 60 heavy (non-hydrogen) atoms. The molecule has 0 spiro atoms. The van der Waals surface area contributed by atoms with Gasteiger partial charge in [0.15, 0.2) is 0 Å². The monoisotopic (exact) mass is 838 g/mol. The smallest absolute Gasteiger partial charge is 0.408 e. The average molecular weight is 839 g/mol. The van der Waals surface area contributed by atoms with Crippen molar-refractivity contribution >= 4 is 41.4 Å². The summed E-state index contributed by atoms with van der Waals surface area (Å²) in [6, 6.07) is 4.42. The summed E-state index contributed by atoms with van der Waals surface area (Å²) in [5.41, 5.74) is -0.460. The van der Waals surface area contributed by atoms with Gasteiger partial charge >= 0.3 is 6.09 Å². The highest BCUT2D eigenvalue weighted by molar-refractivity contribution is 6.38. The third-order valence-electron chi connectivity index (χ3n) is 12.2. The van der Waals surface area contributed by atoms with Gasteiger partial charge in [0, 0.05) is 39.1 Å². The fourth-order valence-corrected chi connectivity index (χ4v) is 8.75. The van der Waals surface area contributed by atoms with Crippen molar-refractivity contribution in [2.45, 2.75) is 134 Å². The van der Waals surface area contributed by atoms with Gasteiger partial charge in [-0.05, 0) is 56.9 Å². The van der Waals surface area contributed by atoms with E-state index in [1.807, 2.05) is 34.6 Å². The number of hydrogen-bond donors (Lipinski definition) is 4. The molecule has 16 heteroatoms. The van der Waals surface area contributed by atoms with Crippen molar-refractivity contribution in [3.05, 3.63) is 35.9 Å². The summed E-state index contributed by atoms with van der Waals surface area (Å²) >= 11 is 0. The SMILES string of the molecule is COC[C@@H](OC(=O)N[C@H](C(=O)N1C[C@@H]2OC(C)(C)C[C@@H]2[C@H]1C(=O)NC(CC1CC1)C(=O)C(=O)NCC(=O)NC(C(=O)N(C)C)c1ccccc1)C1CCCCC1)C(C)(C)C. The van der Waals surface area contributed by atoms with E-state index < -0.39 is 95.4 Å². The number of amides is 6. The number of likely N-dealkylation sites (tertiary alicyclic amines) is 1. The molecule has 5 rings (SSSR count). The highest BCUT2D eigenvalue weighted by Crippen LogP contribution is 2.44. The van der Waals surface area contributed by atoms with Crippen molar-refractivity contribution in [2.24, 2.45) is 23.2 Å². The maximum Gasteiger partial charge on any atom is 0.408 e. The molecule has 1 aromatic rings. The van der Waals surface area contributed by atoms with Gasteiger partial charge in [0.05, 0.1) is 30.9 Å². The van der Waals surface area contributed by atoms with E-state index in [4.69, 9.17) is 14.2 Å². The molecule has 6 amide bonds. The van der Waals surface area contributed by atoms with Gasteiger partial charge in [0.25, 0.3) is 5.91 Å². The van der Waals surface area contributed by atoms with Crippen molar-refractivity contribution in [1.82, 2.24) is 31.1 Å². The van der Waals surface area contributed by atoms with E-state index in [2.05, 4.69) is 21.3 Å². The first-order valence-corrected chi connectivity index (χ1v) is 21.4. The Kier molecular flexibility index (Phi) is 15.4. The highest BCUT2D eigenvalue weighted by Gasteiger charge is 2.57. The number of alkyl carbamates (subject to hydrolysis) is 1. The molecule has 4 aliphatic rings. The molecule has 0 aromatic heterocycles. The number of rotatable bonds is 17. The van der Waals surface area contributed by atoms with E-state index in [9.17, 15) is 33.6 Å². The molecule has 2 aliphatic heterocycles. The second-order valence-electron chi connectivity index (χ2n) is 18.9. The van der Waals surface area contributed by atoms with Crippen molar-refractivity contribution in [3.63, 3.8) is 0 Å². The number of methoxy groups -OCH3 is 1. The molecular weight excluding hydrogens is 773 g/mol. The Labute approximate surface area is 353 Å². The predicted molar refractivity (Wildman–Crippen MR) is 221 cm³/mol. The van der Waals surface area contributed by atoms with Crippen LogP contribution in [0.5, 0.6) is 0 Å². The Bertz CT molecular complexity index is 1720. The minimum atomic E-state index is -1.22. The van der Waals surface area contributed by atoms with E-state index in [-0.39, 0.29) is 37.3 Å². The van der Waals surface area contributed by atoms with Crippen LogP contribution in [0.15, 0.2) is 30.3 Å². The Morgan fingerprint density at radius 1 is 0.933 bits per heavy atom. The van der Waals surface area contributed by atoms with E-state index >= 15 is 0 Å². The molecular formula is C44H66N6O10. The van der Waals surface area contributed by atoms with Gasteiger partial charge in [-0.1, -0.05) is 83.2 Å². The first-order chi connectivity index (χ1) is 28.3. The number of carbonyl (C=O) groups excluding carboxylic acids is 7. The van der Waals surface area contributed by atoms with Gasteiger partial charge in [-0.2, -0.15) is 0 Å². The second-order valence-corrected chi connectivity index (χ2v) is 18.9. The van der Waals surface area contributed by atoms with E-state index in [1.165, 1.54) is 16.9 Å². The summed E-state index contributed by atoms with van der Waals surface area (Å²) in [5, 5.41) is 10.8. The average Bonchev–Trinajstić information content (AvgIpc) is 3.88. The molecule has 4 N–H and O–H groups in total. The summed E-state index contributed by atoms with van der Waals surface area (Å²) in [6.45, 7) is 9.35. The quantitative estimate of drug-likeness (QED) is 0.169. The predicted octanol–water partition coefficient (Wildman–Crippen LogP) is 3.03. The zero-order chi connectivity index (χ0) is 43.9. The molecule has 0 radical (unpaired) electrons. The maximum absolute atomic E-state index is 14.8. The van der Waals surface area contributed by atoms with Crippen LogP contribution in [0, 0.1) is 23.2 Å². The lowest BCUT2D eigenvalue weighted by molar-refractivity contribution is -0.145. The van der Waals surface area contributed by atoms with Gasteiger partial charge in [0.2, 0.25) is 29.4 Å². The van der Waals surface area contributed by atoms with Crippen LogP contribution in [-0.2, 0) is 43.0 Å². The Hall–Kier alpha value is -4.57. The number of benzene rings is 1. The van der Waals surface area contributed by atoms with Gasteiger partial charge in [-0.15, -0.1) is 0 Å². The maximum atomic E-state index is 14.8. The van der Waals surface area contributed by atoms with Crippen LogP contribution < -0.4 is 21.3 Å². The van der Waals surface area contributed by atoms with Crippen LogP contribution in [-0.4, -0.2) is 128 Å². The third kappa shape index (κ3) is 12.0. The van der Waals surface area contributed by atoms with Gasteiger partial charge < -0.3 is 45.3 Å². The Morgan fingerprint density at radius 2 is 1.60 bits per heavy atom. The normalized spacial score (nSPS) is 23.3. The second kappa shape index (κ2) is 19.9. The standard InChI is InChI=1S/C44H66N6O10/c1-43(2,3)32(25-58-8)59-42(57)48-35(28-17-13-10-14-18-28)41(56)50-24-31-29(22-44(4,5)60-31)36(50)38(53)46-30(21-26-19-20-26)37(52)39(54)45-23-33(51)47-34(40(55)49(6)7)27-15-11-9-12-16-27/h9,11-12,15-16,26,28-32,34-36H,10,13-14,17-25H2,1-8H3,(H,45,54)(H,46,53)(H,47,51)(H,48,57)/t29-,30?,31-,32+,34?,35-,36-/m0/s1. The molecule has 0 bridgehead atoms. The number of Topliss-reactive ketones (excluding diaryl/α,β-unsaturated/α-hetero) is 1. The minimum absolute atomic E-state index is 0.108. The van der Waals surface area contributed by atoms with Crippen LogP contribution in [0.2, 0.25) is 0 Å². The van der Waals surface area contributed by atoms with Crippen molar-refractivity contribution < 1.29 is 47.8 Å². The molecule has 7 atom stereocenters. The minimum Gasteiger partial charge on any atom is -0.443 e. The molecule has 2 saturated carbocycles. The lowest BCUT2D eigenvalue weighted by Crippen LogP contribution is -2.59. The summed E-state index contributed by atoms with van der Waals surface area (Å²) in [7, 11) is 4.66. The van der Waals surface area contributed by atoms with Gasteiger partial charge in [-0.25, -0.2) is 4.79 Å². The van der Waals surface area contributed by atoms with Gasteiger partial charge in [0.1, 0.15) is 24.2 Å². The number of fused-ring (bicyclic) bond motifs is 1. The summed E-state index contributed by atoms with van der Waals surface area (Å²) in [6.07, 6.45) is 4.75. The molecule has 2 saturated heterocycles. The topological polar surface area (TPSA) is 202 Å². The summed E-state index contributed by atoms with van der Waals surface area (Å²) in [4.78, 5) is 98.9. The van der Waals surface area contributed by atoms with Crippen LogP contribution in [0.3, 0.4) is 0 Å². The molecule has 2 heterocycles. The lowest BCUT2D eigenvalue weighted by atomic mass is 9.83. The molecule has 332 valence electrons. The fraction of sp³-hybridized carbons (Fsp3) is 0.705. The highest BCUT2D eigenvalue weighted by atomic mass is 16.6. The van der Waals surface area contributed by atoms with Crippen LogP contribution in [0.25, 0.3) is 0 Å². The lowest BCUT2D eigenvalue weighted by Gasteiger charge is -2.37. The Morgan fingerprint density at radius 3 is 2.20 bits per heavy atom.